The van der Waals surface area contributed by atoms with Crippen molar-refractivity contribution in [2.45, 2.75) is 34.2 Å². The molecule has 164 valence electrons. The van der Waals surface area contributed by atoms with Crippen LogP contribution in [-0.2, 0) is 16.1 Å². The van der Waals surface area contributed by atoms with Crippen molar-refractivity contribution in [2.75, 3.05) is 25.5 Å². The summed E-state index contributed by atoms with van der Waals surface area (Å²) in [5.74, 6) is -0.189. The van der Waals surface area contributed by atoms with Crippen LogP contribution in [0.15, 0.2) is 23.0 Å². The van der Waals surface area contributed by atoms with E-state index < -0.39 is 0 Å². The summed E-state index contributed by atoms with van der Waals surface area (Å²) in [7, 11) is 1.74. The summed E-state index contributed by atoms with van der Waals surface area (Å²) in [6.07, 6.45) is 0. The van der Waals surface area contributed by atoms with Crippen LogP contribution >= 0.6 is 11.3 Å². The van der Waals surface area contributed by atoms with Gasteiger partial charge in [0.25, 0.3) is 11.5 Å². The van der Waals surface area contributed by atoms with Crippen LogP contribution < -0.4 is 10.9 Å². The molecule has 0 spiro atoms. The van der Waals surface area contributed by atoms with Gasteiger partial charge in [-0.05, 0) is 51.9 Å². The van der Waals surface area contributed by atoms with E-state index in [1.54, 1.807) is 25.8 Å². The molecule has 31 heavy (non-hydrogen) atoms. The van der Waals surface area contributed by atoms with Crippen molar-refractivity contribution in [3.63, 3.8) is 0 Å². The maximum Gasteiger partial charge on any atom is 0.320 e. The van der Waals surface area contributed by atoms with E-state index in [9.17, 15) is 14.4 Å². The third-order valence-electron chi connectivity index (χ3n) is 4.81. The van der Waals surface area contributed by atoms with Crippen molar-refractivity contribution in [3.8, 4) is 0 Å². The molecule has 1 amide bonds. The van der Waals surface area contributed by atoms with E-state index in [1.165, 1.54) is 11.3 Å². The van der Waals surface area contributed by atoms with Crippen molar-refractivity contribution in [3.05, 3.63) is 55.9 Å². The van der Waals surface area contributed by atoms with Crippen LogP contribution in [0.25, 0.3) is 10.2 Å². The van der Waals surface area contributed by atoms with Crippen LogP contribution in [0.5, 0.6) is 0 Å². The number of likely N-dealkylation sites (N-methyl/N-ethyl adjacent to an activating group) is 1. The molecule has 0 aliphatic rings. The number of thiophene rings is 1. The summed E-state index contributed by atoms with van der Waals surface area (Å²) in [5.41, 5.74) is 3.11. The number of hydrogen-bond acceptors (Lipinski definition) is 7. The predicted molar refractivity (Wildman–Crippen MR) is 122 cm³/mol. The largest absolute Gasteiger partial charge is 0.465 e. The van der Waals surface area contributed by atoms with E-state index in [0.717, 1.165) is 16.8 Å². The molecule has 0 aliphatic heterocycles. The Balaban J connectivity index is 1.85. The average molecular weight is 443 g/mol. The van der Waals surface area contributed by atoms with Gasteiger partial charge in [-0.15, -0.1) is 11.3 Å². The van der Waals surface area contributed by atoms with Gasteiger partial charge in [0.1, 0.15) is 10.7 Å². The molecule has 3 aromatic rings. The summed E-state index contributed by atoms with van der Waals surface area (Å²) in [5, 5.41) is 3.34. The van der Waals surface area contributed by atoms with E-state index >= 15 is 0 Å². The average Bonchev–Trinajstić information content (AvgIpc) is 3.01. The number of aryl methyl sites for hydroxylation is 3. The SMILES string of the molecule is CCOC(=O)CN(C)Cc1nc2sc(C(=O)Nc3ccc(C)cc3C)c(C)c2c(=O)[nH]1. The summed E-state index contributed by atoms with van der Waals surface area (Å²) in [6.45, 7) is 8.10. The smallest absolute Gasteiger partial charge is 0.320 e. The highest BCUT2D eigenvalue weighted by Gasteiger charge is 2.20. The molecule has 2 N–H and O–H groups in total. The maximum atomic E-state index is 12.9. The molecule has 0 radical (unpaired) electrons. The van der Waals surface area contributed by atoms with Crippen LogP contribution in [0, 0.1) is 20.8 Å². The zero-order valence-corrected chi connectivity index (χ0v) is 19.1. The number of nitrogens with one attached hydrogen (secondary N) is 2. The first-order valence-corrected chi connectivity index (χ1v) is 10.8. The third kappa shape index (κ3) is 5.18. The lowest BCUT2D eigenvalue weighted by Gasteiger charge is -2.14. The monoisotopic (exact) mass is 442 g/mol. The molecule has 2 heterocycles. The van der Waals surface area contributed by atoms with Gasteiger partial charge in [-0.25, -0.2) is 4.98 Å². The van der Waals surface area contributed by atoms with Gasteiger partial charge in [-0.1, -0.05) is 17.7 Å². The number of nitrogens with zero attached hydrogens (tertiary/aromatic N) is 2. The highest BCUT2D eigenvalue weighted by molar-refractivity contribution is 7.20. The van der Waals surface area contributed by atoms with Crippen molar-refractivity contribution < 1.29 is 14.3 Å². The van der Waals surface area contributed by atoms with Crippen LogP contribution in [-0.4, -0.2) is 46.9 Å². The second kappa shape index (κ2) is 9.40. The summed E-state index contributed by atoms with van der Waals surface area (Å²) in [4.78, 5) is 47.1. The van der Waals surface area contributed by atoms with Crippen LogP contribution in [0.3, 0.4) is 0 Å². The molecule has 0 fully saturated rings. The number of amides is 1. The predicted octanol–water partition coefficient (Wildman–Crippen LogP) is 3.16. The highest BCUT2D eigenvalue weighted by Crippen LogP contribution is 2.28. The van der Waals surface area contributed by atoms with Crippen molar-refractivity contribution in [1.82, 2.24) is 14.9 Å². The molecule has 0 saturated heterocycles. The number of fused-ring (bicyclic) bond motifs is 1. The Labute approximate surface area is 184 Å². The molecule has 0 bridgehead atoms. The maximum absolute atomic E-state index is 12.9. The van der Waals surface area contributed by atoms with Gasteiger partial charge < -0.3 is 15.0 Å². The molecule has 9 heteroatoms. The lowest BCUT2D eigenvalue weighted by molar-refractivity contribution is -0.144. The molecule has 8 nitrogen and oxygen atoms in total. The standard InChI is InChI=1S/C22H26N4O4S/c1-6-30-17(27)11-26(5)10-16-24-20(28)18-14(4)19(31-22(18)25-16)21(29)23-15-8-7-12(2)9-13(15)3/h7-9H,6,10-11H2,1-5H3,(H,23,29)(H,24,25,28). The number of anilines is 1. The van der Waals surface area contributed by atoms with E-state index in [1.807, 2.05) is 32.0 Å². The Bertz CT molecular complexity index is 1200. The summed E-state index contributed by atoms with van der Waals surface area (Å²) >= 11 is 1.18. The number of aromatic amines is 1. The third-order valence-corrected chi connectivity index (χ3v) is 5.99. The minimum absolute atomic E-state index is 0.0859. The minimum atomic E-state index is -0.342. The Morgan fingerprint density at radius 2 is 2.00 bits per heavy atom. The molecule has 2 aromatic heterocycles. The molecule has 1 aromatic carbocycles. The highest BCUT2D eigenvalue weighted by atomic mass is 32.1. The van der Waals surface area contributed by atoms with E-state index in [-0.39, 0.29) is 30.5 Å². The zero-order valence-electron chi connectivity index (χ0n) is 18.3. The van der Waals surface area contributed by atoms with Crippen molar-refractivity contribution >= 4 is 39.1 Å². The fraction of sp³-hybridized carbons (Fsp3) is 0.364. The molecule has 0 unspecified atom stereocenters. The van der Waals surface area contributed by atoms with Gasteiger partial charge in [0.2, 0.25) is 0 Å². The zero-order chi connectivity index (χ0) is 22.7. The fourth-order valence-corrected chi connectivity index (χ4v) is 4.45. The second-order valence-corrected chi connectivity index (χ2v) is 8.50. The number of hydrogen-bond donors (Lipinski definition) is 2. The number of aromatic nitrogens is 2. The Morgan fingerprint density at radius 3 is 2.68 bits per heavy atom. The first kappa shape index (κ1) is 22.6. The number of ether oxygens (including phenoxy) is 1. The lowest BCUT2D eigenvalue weighted by Crippen LogP contribution is -2.28. The molecule has 0 atom stereocenters. The molecule has 3 rings (SSSR count). The summed E-state index contributed by atoms with van der Waals surface area (Å²) in [6, 6.07) is 5.80. The quantitative estimate of drug-likeness (QED) is 0.545. The lowest BCUT2D eigenvalue weighted by atomic mass is 10.1. The van der Waals surface area contributed by atoms with Crippen molar-refractivity contribution in [1.29, 1.82) is 0 Å². The first-order chi connectivity index (χ1) is 14.7. The minimum Gasteiger partial charge on any atom is -0.465 e. The molecular formula is C22H26N4O4S. The summed E-state index contributed by atoms with van der Waals surface area (Å²) < 4.78 is 4.94. The van der Waals surface area contributed by atoms with Gasteiger partial charge in [0, 0.05) is 5.69 Å². The number of carbonyl (C=O) groups excluding carboxylic acids is 2. The number of rotatable bonds is 7. The number of carbonyl (C=O) groups is 2. The first-order valence-electron chi connectivity index (χ1n) is 9.94. The van der Waals surface area contributed by atoms with E-state index in [0.29, 0.717) is 33.1 Å². The Hall–Kier alpha value is -3.04. The van der Waals surface area contributed by atoms with Crippen molar-refractivity contribution in [2.24, 2.45) is 0 Å². The molecular weight excluding hydrogens is 416 g/mol. The van der Waals surface area contributed by atoms with Crippen LogP contribution in [0.1, 0.15) is 39.1 Å². The number of H-pyrrole nitrogens is 1. The molecule has 0 aliphatic carbocycles. The van der Waals surface area contributed by atoms with Gasteiger partial charge in [-0.2, -0.15) is 0 Å². The van der Waals surface area contributed by atoms with Gasteiger partial charge in [-0.3, -0.25) is 19.3 Å². The van der Waals surface area contributed by atoms with E-state index in [2.05, 4.69) is 15.3 Å². The van der Waals surface area contributed by atoms with Crippen LogP contribution in [0.2, 0.25) is 0 Å². The Kier molecular flexibility index (Phi) is 6.87. The van der Waals surface area contributed by atoms with Crippen LogP contribution in [0.4, 0.5) is 5.69 Å². The van der Waals surface area contributed by atoms with Gasteiger partial charge >= 0.3 is 5.97 Å². The Morgan fingerprint density at radius 1 is 1.26 bits per heavy atom. The van der Waals surface area contributed by atoms with Gasteiger partial charge in [0.15, 0.2) is 0 Å². The second-order valence-electron chi connectivity index (χ2n) is 7.50. The number of benzene rings is 1. The normalized spacial score (nSPS) is 11.2. The topological polar surface area (TPSA) is 104 Å². The molecule has 0 saturated carbocycles. The van der Waals surface area contributed by atoms with Gasteiger partial charge in [0.05, 0.1) is 30.0 Å². The fourth-order valence-electron chi connectivity index (χ4n) is 3.35. The van der Waals surface area contributed by atoms with E-state index in [4.69, 9.17) is 4.74 Å². The number of esters is 1.